The normalized spacial score (nSPS) is 14.0. The number of H-pyrrole nitrogens is 1. The molecule has 3 heterocycles. The molecule has 4 aromatic rings. The topological polar surface area (TPSA) is 52.2 Å². The van der Waals surface area contributed by atoms with Crippen molar-refractivity contribution in [3.8, 4) is 22.4 Å². The summed E-state index contributed by atoms with van der Waals surface area (Å²) in [6.45, 7) is 1.41. The van der Waals surface area contributed by atoms with Gasteiger partial charge in [0.05, 0.1) is 31.7 Å². The summed E-state index contributed by atoms with van der Waals surface area (Å²) in [6, 6.07) is 13.5. The number of anilines is 1. The predicted octanol–water partition coefficient (Wildman–Crippen LogP) is 8.81. The van der Waals surface area contributed by atoms with E-state index in [1.54, 1.807) is 23.2 Å². The molecule has 1 aliphatic heterocycles. The Bertz CT molecular complexity index is 1620. The molecule has 1 amide bonds. The Morgan fingerprint density at radius 3 is 2.44 bits per heavy atom. The van der Waals surface area contributed by atoms with Crippen LogP contribution in [0.2, 0.25) is 10.0 Å². The summed E-state index contributed by atoms with van der Waals surface area (Å²) in [4.78, 5) is 15.6. The molecule has 1 N–H and O–H groups in total. The maximum Gasteiger partial charge on any atom is 0.416 e. The zero-order chi connectivity index (χ0) is 29.1. The Kier molecular flexibility index (Phi) is 9.12. The summed E-state index contributed by atoms with van der Waals surface area (Å²) in [7, 11) is 0. The van der Waals surface area contributed by atoms with Gasteiger partial charge in [0, 0.05) is 34.6 Å². The Balaban J connectivity index is 1.43. The van der Waals surface area contributed by atoms with Gasteiger partial charge in [-0.05, 0) is 67.4 Å². The number of nitrogens with one attached hydrogen (secondary N) is 1. The minimum atomic E-state index is -4.39. The maximum atomic E-state index is 14.1. The molecule has 0 aliphatic carbocycles. The zero-order valence-electron chi connectivity index (χ0n) is 21.4. The minimum absolute atomic E-state index is 0.263. The first-order valence-electron chi connectivity index (χ1n) is 12.6. The second kappa shape index (κ2) is 12.6. The number of aromatic amines is 1. The first kappa shape index (κ1) is 29.7. The molecule has 5 rings (SSSR count). The van der Waals surface area contributed by atoms with Crippen LogP contribution in [0.5, 0.6) is 0 Å². The van der Waals surface area contributed by atoms with E-state index in [9.17, 15) is 18.0 Å². The molecule has 2 aromatic carbocycles. The fourth-order valence-electron chi connectivity index (χ4n) is 4.51. The molecule has 212 valence electrons. The fourth-order valence-corrected chi connectivity index (χ4v) is 6.43. The largest absolute Gasteiger partial charge is 0.416 e. The van der Waals surface area contributed by atoms with Gasteiger partial charge >= 0.3 is 6.18 Å². The van der Waals surface area contributed by atoms with Gasteiger partial charge in [-0.1, -0.05) is 57.4 Å². The molecular weight excluding hydrogens is 660 g/mol. The monoisotopic (exact) mass is 680 g/mol. The number of halogens is 6. The van der Waals surface area contributed by atoms with Crippen molar-refractivity contribution in [1.29, 1.82) is 0 Å². The van der Waals surface area contributed by atoms with Gasteiger partial charge in [0.15, 0.2) is 5.69 Å². The van der Waals surface area contributed by atoms with E-state index >= 15 is 0 Å². The Labute approximate surface area is 257 Å². The molecule has 41 heavy (non-hydrogen) atoms. The van der Waals surface area contributed by atoms with Crippen molar-refractivity contribution in [2.75, 3.05) is 18.1 Å². The van der Waals surface area contributed by atoms with Crippen LogP contribution in [0.3, 0.4) is 0 Å². The van der Waals surface area contributed by atoms with Gasteiger partial charge in [-0.25, -0.2) is 10.0 Å². The highest BCUT2D eigenvalue weighted by Crippen LogP contribution is 2.36. The molecule has 1 saturated heterocycles. The SMILES string of the molecule is O=C(c1n[nH]c(-c2ccc(C#Cc3ccc(C(F)(F)F)cc3)s2)c1CBr)N(c1ccc(Cl)cc1Cl)N1CCCCC1. The van der Waals surface area contributed by atoms with E-state index in [4.69, 9.17) is 23.2 Å². The molecule has 2 aromatic heterocycles. The van der Waals surface area contributed by atoms with Crippen LogP contribution in [0.15, 0.2) is 54.6 Å². The van der Waals surface area contributed by atoms with Crippen molar-refractivity contribution in [2.24, 2.45) is 0 Å². The lowest BCUT2D eigenvalue weighted by molar-refractivity contribution is -0.137. The summed E-state index contributed by atoms with van der Waals surface area (Å²) >= 11 is 17.6. The van der Waals surface area contributed by atoms with Gasteiger partial charge in [0.2, 0.25) is 0 Å². The molecule has 5 nitrogen and oxygen atoms in total. The number of hydrogen-bond donors (Lipinski definition) is 1. The number of carbonyl (C=O) groups excluding carboxylic acids is 1. The van der Waals surface area contributed by atoms with Crippen LogP contribution in [0.4, 0.5) is 18.9 Å². The number of hydrazine groups is 1. The van der Waals surface area contributed by atoms with Crippen molar-refractivity contribution in [1.82, 2.24) is 15.2 Å². The number of carbonyl (C=O) groups is 1. The van der Waals surface area contributed by atoms with E-state index in [0.29, 0.717) is 55.9 Å². The number of alkyl halides is 4. The van der Waals surface area contributed by atoms with E-state index in [-0.39, 0.29) is 11.6 Å². The average Bonchev–Trinajstić information content (AvgIpc) is 3.60. The number of benzene rings is 2. The molecule has 0 spiro atoms. The lowest BCUT2D eigenvalue weighted by atomic mass is 10.1. The molecule has 12 heteroatoms. The Morgan fingerprint density at radius 2 is 1.78 bits per heavy atom. The van der Waals surface area contributed by atoms with E-state index in [1.165, 1.54) is 23.5 Å². The number of nitrogens with zero attached hydrogens (tertiary/aromatic N) is 3. The smallest absolute Gasteiger partial charge is 0.276 e. The predicted molar refractivity (Wildman–Crippen MR) is 161 cm³/mol. The summed E-state index contributed by atoms with van der Waals surface area (Å²) in [5.74, 6) is 5.60. The van der Waals surface area contributed by atoms with E-state index in [0.717, 1.165) is 36.3 Å². The molecule has 0 atom stereocenters. The molecule has 1 aliphatic rings. The van der Waals surface area contributed by atoms with Crippen LogP contribution in [0.1, 0.15) is 51.3 Å². The van der Waals surface area contributed by atoms with Crippen molar-refractivity contribution in [3.63, 3.8) is 0 Å². The van der Waals surface area contributed by atoms with Gasteiger partial charge in [-0.2, -0.15) is 18.3 Å². The molecule has 1 fully saturated rings. The van der Waals surface area contributed by atoms with Crippen molar-refractivity contribution in [3.05, 3.63) is 91.9 Å². The number of thiophene rings is 1. The van der Waals surface area contributed by atoms with E-state index in [2.05, 4.69) is 38.0 Å². The van der Waals surface area contributed by atoms with Crippen LogP contribution >= 0.6 is 50.5 Å². The Morgan fingerprint density at radius 1 is 1.05 bits per heavy atom. The summed E-state index contributed by atoms with van der Waals surface area (Å²) in [5.41, 5.74) is 1.92. The number of amides is 1. The van der Waals surface area contributed by atoms with Crippen molar-refractivity contribution >= 4 is 62.1 Å². The van der Waals surface area contributed by atoms with Crippen LogP contribution in [0, 0.1) is 11.8 Å². The number of hydrogen-bond acceptors (Lipinski definition) is 4. The third-order valence-electron chi connectivity index (χ3n) is 6.54. The van der Waals surface area contributed by atoms with Crippen LogP contribution in [0.25, 0.3) is 10.6 Å². The van der Waals surface area contributed by atoms with E-state index < -0.39 is 11.7 Å². The molecule has 0 bridgehead atoms. The highest BCUT2D eigenvalue weighted by molar-refractivity contribution is 9.08. The van der Waals surface area contributed by atoms with Gasteiger partial charge in [-0.3, -0.25) is 9.89 Å². The number of piperidine rings is 1. The zero-order valence-corrected chi connectivity index (χ0v) is 25.3. The Hall–Kier alpha value is -2.81. The van der Waals surface area contributed by atoms with E-state index in [1.807, 2.05) is 17.1 Å². The van der Waals surface area contributed by atoms with Gasteiger partial charge in [0.1, 0.15) is 0 Å². The maximum absolute atomic E-state index is 14.1. The standard InChI is InChI=1S/C29H22BrCl2F3N4OS/c30-17-22-26(25-13-11-21(41-25)10-6-18-4-7-19(8-5-18)29(33,34)35)36-37-27(22)28(40)39(38-14-2-1-3-15-38)24-12-9-20(31)16-23(24)32/h4-5,7-9,11-13,16H,1-3,14-15,17H2,(H,36,37). The van der Waals surface area contributed by atoms with Crippen LogP contribution in [-0.4, -0.2) is 34.2 Å². The number of aromatic nitrogens is 2. The third kappa shape index (κ3) is 6.65. The minimum Gasteiger partial charge on any atom is -0.276 e. The van der Waals surface area contributed by atoms with Gasteiger partial charge < -0.3 is 0 Å². The molecule has 0 unspecified atom stereocenters. The second-order valence-corrected chi connectivity index (χ2v) is 11.8. The number of rotatable bonds is 5. The lowest BCUT2D eigenvalue weighted by Crippen LogP contribution is -2.49. The highest BCUT2D eigenvalue weighted by atomic mass is 79.9. The first-order chi connectivity index (χ1) is 19.7. The van der Waals surface area contributed by atoms with Crippen molar-refractivity contribution < 1.29 is 18.0 Å². The summed E-state index contributed by atoms with van der Waals surface area (Å²) in [6.07, 6.45) is -1.39. The molecule has 0 saturated carbocycles. The average molecular weight is 682 g/mol. The fraction of sp³-hybridized carbons (Fsp3) is 0.241. The quantitative estimate of drug-likeness (QED) is 0.169. The summed E-state index contributed by atoms with van der Waals surface area (Å²) in [5, 5.41) is 12.2. The lowest BCUT2D eigenvalue weighted by Gasteiger charge is -2.37. The van der Waals surface area contributed by atoms with Crippen molar-refractivity contribution in [2.45, 2.75) is 30.8 Å². The van der Waals surface area contributed by atoms with Gasteiger partial charge in [-0.15, -0.1) is 11.3 Å². The van der Waals surface area contributed by atoms with Gasteiger partial charge in [0.25, 0.3) is 5.91 Å². The third-order valence-corrected chi connectivity index (χ3v) is 8.66. The highest BCUT2D eigenvalue weighted by Gasteiger charge is 2.32. The molecular formula is C29H22BrCl2F3N4OS. The first-order valence-corrected chi connectivity index (χ1v) is 15.3. The van der Waals surface area contributed by atoms with Crippen LogP contribution < -0.4 is 5.01 Å². The van der Waals surface area contributed by atoms with Crippen LogP contribution in [-0.2, 0) is 11.5 Å². The summed E-state index contributed by atoms with van der Waals surface area (Å²) < 4.78 is 38.5. The second-order valence-electron chi connectivity index (χ2n) is 9.28. The molecule has 0 radical (unpaired) electrons.